The number of anilines is 2. The van der Waals surface area contributed by atoms with Crippen LogP contribution in [0.3, 0.4) is 0 Å². The summed E-state index contributed by atoms with van der Waals surface area (Å²) >= 11 is 5.92. The Morgan fingerprint density at radius 2 is 1.64 bits per heavy atom. The van der Waals surface area contributed by atoms with E-state index in [1.807, 2.05) is 0 Å². The highest BCUT2D eigenvalue weighted by atomic mass is 35.5. The van der Waals surface area contributed by atoms with Crippen LogP contribution < -0.4 is 20.1 Å². The lowest BCUT2D eigenvalue weighted by Gasteiger charge is -2.16. The van der Waals surface area contributed by atoms with E-state index in [1.165, 1.54) is 44.6 Å². The number of methoxy groups -OCH3 is 2. The molecule has 0 spiro atoms. The van der Waals surface area contributed by atoms with E-state index in [1.54, 1.807) is 13.0 Å². The standard InChI is InChI=1S/C24H22ClF3N2O5S/c1-14-4-8-18(22(10-14)36(32,33)16-6-9-20(34-2)21(12-16)35-3)29-13-23(31)30-19-11-15(24(26,27)28)5-7-17(19)25/h4-12,29H,13H2,1-3H3,(H,30,31). The van der Waals surface area contributed by atoms with Gasteiger partial charge in [0, 0.05) is 6.07 Å². The third-order valence-electron chi connectivity index (χ3n) is 5.10. The van der Waals surface area contributed by atoms with Crippen LogP contribution in [-0.2, 0) is 20.8 Å². The molecule has 192 valence electrons. The topological polar surface area (TPSA) is 93.7 Å². The Bertz CT molecular complexity index is 1390. The number of benzene rings is 3. The lowest BCUT2D eigenvalue weighted by Crippen LogP contribution is -2.23. The minimum absolute atomic E-state index is 0.0611. The van der Waals surface area contributed by atoms with Crippen molar-refractivity contribution in [2.45, 2.75) is 22.9 Å². The first-order valence-electron chi connectivity index (χ1n) is 10.3. The van der Waals surface area contributed by atoms with E-state index >= 15 is 0 Å². The van der Waals surface area contributed by atoms with Crippen molar-refractivity contribution >= 4 is 38.7 Å². The van der Waals surface area contributed by atoms with Crippen molar-refractivity contribution in [1.82, 2.24) is 0 Å². The first kappa shape index (κ1) is 27.2. The van der Waals surface area contributed by atoms with Crippen LogP contribution in [0.4, 0.5) is 24.5 Å². The largest absolute Gasteiger partial charge is 0.493 e. The summed E-state index contributed by atoms with van der Waals surface area (Å²) in [5, 5.41) is 4.97. The molecule has 0 heterocycles. The Kier molecular flexibility index (Phi) is 8.05. The predicted molar refractivity (Wildman–Crippen MR) is 130 cm³/mol. The van der Waals surface area contributed by atoms with Gasteiger partial charge in [-0.15, -0.1) is 0 Å². The SMILES string of the molecule is COc1ccc(S(=O)(=O)c2cc(C)ccc2NCC(=O)Nc2cc(C(F)(F)F)ccc2Cl)cc1OC. The summed E-state index contributed by atoms with van der Waals surface area (Å²) in [7, 11) is -1.26. The van der Waals surface area contributed by atoms with E-state index in [-0.39, 0.29) is 31.9 Å². The molecule has 12 heteroatoms. The van der Waals surface area contributed by atoms with Gasteiger partial charge < -0.3 is 20.1 Å². The Hall–Kier alpha value is -3.44. The third-order valence-corrected chi connectivity index (χ3v) is 7.22. The minimum Gasteiger partial charge on any atom is -0.493 e. The van der Waals surface area contributed by atoms with E-state index in [2.05, 4.69) is 10.6 Å². The molecule has 0 atom stereocenters. The number of carbonyl (C=O) groups excluding carboxylic acids is 1. The average molecular weight is 543 g/mol. The monoisotopic (exact) mass is 542 g/mol. The summed E-state index contributed by atoms with van der Waals surface area (Å²) in [6.45, 7) is 1.27. The number of nitrogens with one attached hydrogen (secondary N) is 2. The number of hydrogen-bond donors (Lipinski definition) is 2. The van der Waals surface area contributed by atoms with Gasteiger partial charge in [0.2, 0.25) is 15.7 Å². The van der Waals surface area contributed by atoms with Crippen LogP contribution in [0.5, 0.6) is 11.5 Å². The van der Waals surface area contributed by atoms with E-state index in [0.717, 1.165) is 18.2 Å². The van der Waals surface area contributed by atoms with E-state index in [0.29, 0.717) is 11.3 Å². The molecule has 3 aromatic rings. The quantitative estimate of drug-likeness (QED) is 0.387. The average Bonchev–Trinajstić information content (AvgIpc) is 2.83. The molecule has 0 aliphatic carbocycles. The molecule has 0 aliphatic heterocycles. The summed E-state index contributed by atoms with van der Waals surface area (Å²) in [5.74, 6) is -0.159. The molecule has 0 saturated heterocycles. The van der Waals surface area contributed by atoms with Gasteiger partial charge in [0.1, 0.15) is 0 Å². The maximum atomic E-state index is 13.4. The molecule has 3 rings (SSSR count). The number of hydrogen-bond acceptors (Lipinski definition) is 6. The van der Waals surface area contributed by atoms with E-state index in [4.69, 9.17) is 21.1 Å². The number of sulfone groups is 1. The van der Waals surface area contributed by atoms with Gasteiger partial charge in [-0.2, -0.15) is 13.2 Å². The van der Waals surface area contributed by atoms with Gasteiger partial charge in [-0.05, 0) is 55.0 Å². The second-order valence-electron chi connectivity index (χ2n) is 7.61. The van der Waals surface area contributed by atoms with Crippen molar-refractivity contribution in [1.29, 1.82) is 0 Å². The minimum atomic E-state index is -4.61. The smallest absolute Gasteiger partial charge is 0.416 e. The molecular formula is C24H22ClF3N2O5S. The summed E-state index contributed by atoms with van der Waals surface area (Å²) in [5.41, 5.74) is -0.419. The maximum absolute atomic E-state index is 13.4. The van der Waals surface area contributed by atoms with Crippen molar-refractivity contribution in [2.24, 2.45) is 0 Å². The zero-order valence-electron chi connectivity index (χ0n) is 19.4. The van der Waals surface area contributed by atoms with Crippen molar-refractivity contribution < 1.29 is 35.9 Å². The Balaban J connectivity index is 1.86. The van der Waals surface area contributed by atoms with Gasteiger partial charge >= 0.3 is 6.18 Å². The summed E-state index contributed by atoms with van der Waals surface area (Å²) in [6, 6.07) is 11.3. The highest BCUT2D eigenvalue weighted by Gasteiger charge is 2.31. The fourth-order valence-electron chi connectivity index (χ4n) is 3.28. The maximum Gasteiger partial charge on any atom is 0.416 e. The fraction of sp³-hybridized carbons (Fsp3) is 0.208. The first-order chi connectivity index (χ1) is 16.9. The molecule has 0 aromatic heterocycles. The van der Waals surface area contributed by atoms with Gasteiger partial charge in [0.15, 0.2) is 11.5 Å². The second-order valence-corrected chi connectivity index (χ2v) is 9.94. The lowest BCUT2D eigenvalue weighted by molar-refractivity contribution is -0.137. The van der Waals surface area contributed by atoms with Crippen LogP contribution in [0, 0.1) is 6.92 Å². The van der Waals surface area contributed by atoms with E-state index < -0.39 is 34.0 Å². The van der Waals surface area contributed by atoms with Gasteiger partial charge in [0.05, 0.1) is 52.5 Å². The van der Waals surface area contributed by atoms with E-state index in [9.17, 15) is 26.4 Å². The van der Waals surface area contributed by atoms with Crippen LogP contribution in [0.15, 0.2) is 64.4 Å². The summed E-state index contributed by atoms with van der Waals surface area (Å²) < 4.78 is 76.2. The van der Waals surface area contributed by atoms with Crippen molar-refractivity contribution in [3.63, 3.8) is 0 Å². The number of aryl methyl sites for hydroxylation is 1. The van der Waals surface area contributed by atoms with Crippen LogP contribution in [0.25, 0.3) is 0 Å². The molecule has 3 aromatic carbocycles. The van der Waals surface area contributed by atoms with Crippen molar-refractivity contribution in [3.8, 4) is 11.5 Å². The zero-order valence-corrected chi connectivity index (χ0v) is 20.9. The number of carbonyl (C=O) groups is 1. The molecule has 1 amide bonds. The number of ether oxygens (including phenoxy) is 2. The molecule has 0 unspecified atom stereocenters. The molecule has 0 fully saturated rings. The van der Waals surface area contributed by atoms with Crippen LogP contribution in [-0.4, -0.2) is 35.1 Å². The number of alkyl halides is 3. The summed E-state index contributed by atoms with van der Waals surface area (Å²) in [4.78, 5) is 12.3. The molecule has 0 bridgehead atoms. The molecular weight excluding hydrogens is 521 g/mol. The van der Waals surface area contributed by atoms with Crippen LogP contribution in [0.2, 0.25) is 5.02 Å². The van der Waals surface area contributed by atoms with Gasteiger partial charge in [-0.25, -0.2) is 8.42 Å². The summed E-state index contributed by atoms with van der Waals surface area (Å²) in [6.07, 6.45) is -4.61. The van der Waals surface area contributed by atoms with Gasteiger partial charge in [0.25, 0.3) is 0 Å². The predicted octanol–water partition coefficient (Wildman–Crippen LogP) is 5.57. The van der Waals surface area contributed by atoms with Gasteiger partial charge in [-0.3, -0.25) is 4.79 Å². The van der Waals surface area contributed by atoms with Gasteiger partial charge in [-0.1, -0.05) is 17.7 Å². The lowest BCUT2D eigenvalue weighted by atomic mass is 10.2. The highest BCUT2D eigenvalue weighted by molar-refractivity contribution is 7.91. The molecule has 2 N–H and O–H groups in total. The fourth-order valence-corrected chi connectivity index (χ4v) is 4.97. The highest BCUT2D eigenvalue weighted by Crippen LogP contribution is 2.35. The normalized spacial score (nSPS) is 11.6. The second kappa shape index (κ2) is 10.7. The zero-order chi connectivity index (χ0) is 26.7. The Morgan fingerprint density at radius 1 is 0.944 bits per heavy atom. The van der Waals surface area contributed by atoms with Crippen molar-refractivity contribution in [3.05, 3.63) is 70.7 Å². The third kappa shape index (κ3) is 6.03. The number of rotatable bonds is 8. The molecule has 0 saturated carbocycles. The van der Waals surface area contributed by atoms with Crippen molar-refractivity contribution in [2.75, 3.05) is 31.4 Å². The number of amides is 1. The number of halogens is 4. The molecule has 7 nitrogen and oxygen atoms in total. The first-order valence-corrected chi connectivity index (χ1v) is 12.2. The molecule has 0 radical (unpaired) electrons. The Morgan fingerprint density at radius 3 is 2.28 bits per heavy atom. The van der Waals surface area contributed by atoms with Crippen LogP contribution in [0.1, 0.15) is 11.1 Å². The molecule has 36 heavy (non-hydrogen) atoms. The molecule has 0 aliphatic rings. The van der Waals surface area contributed by atoms with Crippen LogP contribution >= 0.6 is 11.6 Å². The Labute approximate surface area is 211 Å².